The molecule has 2 nitrogen and oxygen atoms in total. The third-order valence-electron chi connectivity index (χ3n) is 9.36. The summed E-state index contributed by atoms with van der Waals surface area (Å²) in [6.45, 7) is 0. The summed E-state index contributed by atoms with van der Waals surface area (Å²) in [5, 5.41) is 2.55. The van der Waals surface area contributed by atoms with Crippen LogP contribution in [0, 0.1) is 0 Å². The summed E-state index contributed by atoms with van der Waals surface area (Å²) in [6, 6.07) is 57.4. The molecule has 1 unspecified atom stereocenters. The Kier molecular flexibility index (Phi) is 5.45. The summed E-state index contributed by atoms with van der Waals surface area (Å²) in [7, 11) is 0. The molecule has 0 saturated heterocycles. The quantitative estimate of drug-likeness (QED) is 0.209. The van der Waals surface area contributed by atoms with E-state index in [-0.39, 0.29) is 0 Å². The topological polar surface area (TPSA) is 17.8 Å². The predicted octanol–water partition coefficient (Wildman–Crippen LogP) is 10.2. The smallest absolute Gasteiger partial charge is 0.0728 e. The van der Waals surface area contributed by atoms with E-state index in [0.717, 1.165) is 5.69 Å². The Morgan fingerprint density at radius 3 is 1.89 bits per heavy atom. The predicted molar refractivity (Wildman–Crippen MR) is 181 cm³/mol. The number of rotatable bonds is 4. The van der Waals surface area contributed by atoms with Crippen LogP contribution in [0.25, 0.3) is 49.7 Å². The van der Waals surface area contributed by atoms with Gasteiger partial charge in [-0.05, 0) is 80.9 Å². The van der Waals surface area contributed by atoms with Crippen LogP contribution in [0.5, 0.6) is 0 Å². The molecule has 0 amide bonds. The van der Waals surface area contributed by atoms with Crippen molar-refractivity contribution in [1.29, 1.82) is 0 Å². The van der Waals surface area contributed by atoms with E-state index in [4.69, 9.17) is 0 Å². The molecule has 0 fully saturated rings. The summed E-state index contributed by atoms with van der Waals surface area (Å²) in [5.74, 6) is 0. The van der Waals surface area contributed by atoms with Crippen molar-refractivity contribution in [1.82, 2.24) is 9.55 Å². The summed E-state index contributed by atoms with van der Waals surface area (Å²) >= 11 is 0. The molecule has 0 bridgehead atoms. The van der Waals surface area contributed by atoms with Gasteiger partial charge in [0.2, 0.25) is 0 Å². The Labute approximate surface area is 256 Å². The minimum absolute atomic E-state index is 0.440. The van der Waals surface area contributed by atoms with Gasteiger partial charge in [-0.2, -0.15) is 0 Å². The molecule has 44 heavy (non-hydrogen) atoms. The average Bonchev–Trinajstić information content (AvgIpc) is 3.60. The highest BCUT2D eigenvalue weighted by Gasteiger charge is 2.46. The highest BCUT2D eigenvalue weighted by molar-refractivity contribution is 6.09. The average molecular weight is 561 g/mol. The van der Waals surface area contributed by atoms with Crippen LogP contribution in [-0.4, -0.2) is 9.55 Å². The van der Waals surface area contributed by atoms with Gasteiger partial charge in [0.25, 0.3) is 0 Å². The van der Waals surface area contributed by atoms with Crippen molar-refractivity contribution in [2.45, 2.75) is 5.41 Å². The van der Waals surface area contributed by atoms with E-state index < -0.39 is 5.41 Å². The molecule has 9 rings (SSSR count). The van der Waals surface area contributed by atoms with E-state index >= 15 is 0 Å². The molecule has 6 aromatic carbocycles. The van der Waals surface area contributed by atoms with Gasteiger partial charge in [-0.15, -0.1) is 0 Å². The second-order valence-electron chi connectivity index (χ2n) is 11.6. The Hall–Kier alpha value is -5.73. The second-order valence-corrected chi connectivity index (χ2v) is 11.6. The Morgan fingerprint density at radius 2 is 1.11 bits per heavy atom. The molecule has 0 N–H and O–H groups in total. The maximum absolute atomic E-state index is 4.59. The number of para-hydroxylation sites is 2. The first-order chi connectivity index (χ1) is 21.8. The first-order valence-corrected chi connectivity index (χ1v) is 15.1. The van der Waals surface area contributed by atoms with Gasteiger partial charge in [0.05, 0.1) is 16.4 Å². The fourth-order valence-corrected chi connectivity index (χ4v) is 7.55. The lowest BCUT2D eigenvalue weighted by atomic mass is 9.68. The number of pyridine rings is 1. The lowest BCUT2D eigenvalue weighted by Crippen LogP contribution is -2.28. The van der Waals surface area contributed by atoms with Crippen molar-refractivity contribution in [2.24, 2.45) is 0 Å². The van der Waals surface area contributed by atoms with Gasteiger partial charge in [0.15, 0.2) is 0 Å². The molecule has 206 valence electrons. The van der Waals surface area contributed by atoms with Crippen LogP contribution < -0.4 is 0 Å². The van der Waals surface area contributed by atoms with Crippen LogP contribution in [0.15, 0.2) is 170 Å². The van der Waals surface area contributed by atoms with Gasteiger partial charge >= 0.3 is 0 Å². The normalized spacial score (nSPS) is 15.4. The number of hydrogen-bond acceptors (Lipinski definition) is 1. The molecule has 2 heterocycles. The van der Waals surface area contributed by atoms with E-state index in [0.29, 0.717) is 0 Å². The molecule has 1 aliphatic carbocycles. The van der Waals surface area contributed by atoms with Crippen molar-refractivity contribution >= 4 is 21.8 Å². The van der Waals surface area contributed by atoms with Crippen molar-refractivity contribution < 1.29 is 0 Å². The molecular weight excluding hydrogens is 532 g/mol. The fourth-order valence-electron chi connectivity index (χ4n) is 7.55. The molecule has 0 radical (unpaired) electrons. The van der Waals surface area contributed by atoms with E-state index in [9.17, 15) is 0 Å². The maximum Gasteiger partial charge on any atom is 0.0728 e. The zero-order valence-corrected chi connectivity index (χ0v) is 24.1. The largest absolute Gasteiger partial charge is 0.309 e. The maximum atomic E-state index is 4.59. The zero-order valence-electron chi connectivity index (χ0n) is 24.1. The van der Waals surface area contributed by atoms with Crippen LogP contribution in [0.2, 0.25) is 0 Å². The highest BCUT2D eigenvalue weighted by Crippen LogP contribution is 2.56. The first-order valence-electron chi connectivity index (χ1n) is 15.1. The van der Waals surface area contributed by atoms with E-state index in [2.05, 4.69) is 167 Å². The molecule has 1 atom stereocenters. The fraction of sp³-hybridized carbons (Fsp3) is 0.0238. The van der Waals surface area contributed by atoms with E-state index in [1.165, 1.54) is 66.3 Å². The van der Waals surface area contributed by atoms with Gasteiger partial charge in [0, 0.05) is 28.9 Å². The van der Waals surface area contributed by atoms with Gasteiger partial charge in [-0.25, -0.2) is 0 Å². The molecule has 2 aromatic heterocycles. The number of hydrogen-bond donors (Lipinski definition) is 0. The molecule has 0 spiro atoms. The molecule has 0 aliphatic heterocycles. The number of aromatic nitrogens is 2. The van der Waals surface area contributed by atoms with Crippen LogP contribution in [0.1, 0.15) is 22.3 Å². The van der Waals surface area contributed by atoms with E-state index in [1.54, 1.807) is 0 Å². The third-order valence-corrected chi connectivity index (χ3v) is 9.36. The summed E-state index contributed by atoms with van der Waals surface area (Å²) in [4.78, 5) is 4.59. The molecule has 2 heteroatoms. The van der Waals surface area contributed by atoms with Gasteiger partial charge in [-0.3, -0.25) is 4.98 Å². The third kappa shape index (κ3) is 3.46. The minimum atomic E-state index is -0.440. The summed E-state index contributed by atoms with van der Waals surface area (Å²) in [5.41, 5.74) is 13.1. The Morgan fingerprint density at radius 1 is 0.455 bits per heavy atom. The summed E-state index contributed by atoms with van der Waals surface area (Å²) < 4.78 is 2.39. The van der Waals surface area contributed by atoms with Crippen molar-refractivity contribution in [3.05, 3.63) is 192 Å². The van der Waals surface area contributed by atoms with Crippen LogP contribution in [0.4, 0.5) is 0 Å². The Balaban J connectivity index is 1.26. The molecule has 8 aromatic rings. The Bertz CT molecular complexity index is 2240. The lowest BCUT2D eigenvalue weighted by Gasteiger charge is -2.33. The minimum Gasteiger partial charge on any atom is -0.309 e. The van der Waals surface area contributed by atoms with Gasteiger partial charge in [-0.1, -0.05) is 121 Å². The van der Waals surface area contributed by atoms with Crippen molar-refractivity contribution in [2.75, 3.05) is 0 Å². The van der Waals surface area contributed by atoms with Gasteiger partial charge in [0.1, 0.15) is 0 Å². The van der Waals surface area contributed by atoms with E-state index in [1.807, 2.05) is 12.4 Å². The van der Waals surface area contributed by atoms with Crippen molar-refractivity contribution in [3.8, 4) is 27.9 Å². The zero-order chi connectivity index (χ0) is 29.1. The molecule has 0 saturated carbocycles. The summed E-state index contributed by atoms with van der Waals surface area (Å²) in [6.07, 6.45) is 3.89. The monoisotopic (exact) mass is 560 g/mol. The van der Waals surface area contributed by atoms with Crippen molar-refractivity contribution in [3.63, 3.8) is 0 Å². The standard InChI is InChI=1S/C42H28N2/c1-2-13-31(14-3-1)42(32-15-11-25-43-28-32)38-20-7-4-17-34(38)37-27-30(23-24-39(37)42)29-12-10-16-33(26-29)44-40-21-8-5-18-35(40)36-19-6-9-22-41(36)44/h1-28H. The lowest BCUT2D eigenvalue weighted by molar-refractivity contribution is 0.763. The van der Waals surface area contributed by atoms with Gasteiger partial charge < -0.3 is 4.57 Å². The van der Waals surface area contributed by atoms with Crippen LogP contribution >= 0.6 is 0 Å². The van der Waals surface area contributed by atoms with Crippen LogP contribution in [0.3, 0.4) is 0 Å². The van der Waals surface area contributed by atoms with Crippen LogP contribution in [-0.2, 0) is 5.41 Å². The highest BCUT2D eigenvalue weighted by atomic mass is 15.0. The molecular formula is C42H28N2. The first kappa shape index (κ1) is 24.8. The number of nitrogens with zero attached hydrogens (tertiary/aromatic N) is 2. The molecule has 1 aliphatic rings. The number of benzene rings is 6. The SMILES string of the molecule is c1ccc(C2(c3cccnc3)c3ccccc3-c3cc(-c4cccc(-n5c6ccccc6c6ccccc65)c4)ccc32)cc1. The number of fused-ring (bicyclic) bond motifs is 6. The second kappa shape index (κ2) is 9.65.